The topological polar surface area (TPSA) is 80.1 Å². The van der Waals surface area contributed by atoms with Gasteiger partial charge in [-0.05, 0) is 52.9 Å². The van der Waals surface area contributed by atoms with E-state index in [0.717, 1.165) is 36.8 Å². The molecule has 7 nitrogen and oxygen atoms in total. The second-order valence-corrected chi connectivity index (χ2v) is 8.93. The Morgan fingerprint density at radius 3 is 2.57 bits per heavy atom. The lowest BCUT2D eigenvalue weighted by molar-refractivity contribution is -0.115. The van der Waals surface area contributed by atoms with Crippen LogP contribution >= 0.6 is 11.8 Å². The fraction of sp³-hybridized carbons (Fsp3) is 0.545. The van der Waals surface area contributed by atoms with Gasteiger partial charge in [0, 0.05) is 17.8 Å². The van der Waals surface area contributed by atoms with Crippen molar-refractivity contribution < 1.29 is 9.59 Å². The summed E-state index contributed by atoms with van der Waals surface area (Å²) in [6.07, 6.45) is 3.04. The number of carbonyl (C=O) groups excluding carboxylic acids is 2. The van der Waals surface area contributed by atoms with Gasteiger partial charge in [-0.25, -0.2) is 0 Å². The van der Waals surface area contributed by atoms with Crippen molar-refractivity contribution in [1.82, 2.24) is 19.7 Å². The van der Waals surface area contributed by atoms with Crippen molar-refractivity contribution in [3.05, 3.63) is 35.7 Å². The number of aromatic nitrogens is 3. The van der Waals surface area contributed by atoms with Crippen LogP contribution in [0.3, 0.4) is 0 Å². The van der Waals surface area contributed by atoms with Gasteiger partial charge in [0.25, 0.3) is 0 Å². The average molecular weight is 432 g/mol. The number of nitrogens with zero attached hydrogens (tertiary/aromatic N) is 4. The van der Waals surface area contributed by atoms with Crippen LogP contribution in [0.25, 0.3) is 0 Å². The maximum Gasteiger partial charge on any atom is 0.237 e. The zero-order valence-electron chi connectivity index (χ0n) is 18.8. The molecule has 0 fully saturated rings. The van der Waals surface area contributed by atoms with Gasteiger partial charge in [0.05, 0.1) is 11.3 Å². The summed E-state index contributed by atoms with van der Waals surface area (Å²) in [6, 6.07) is 7.17. The molecule has 2 aromatic rings. The Kier molecular flexibility index (Phi) is 9.05. The summed E-state index contributed by atoms with van der Waals surface area (Å²) in [5, 5.41) is 12.2. The molecule has 2 rings (SSSR count). The van der Waals surface area contributed by atoms with Gasteiger partial charge < -0.3 is 9.88 Å². The van der Waals surface area contributed by atoms with Crippen molar-refractivity contribution >= 4 is 29.1 Å². The van der Waals surface area contributed by atoms with E-state index in [0.29, 0.717) is 11.3 Å². The standard InChI is InChI=1S/C22H33N5O2S/c1-7-9-13-27-20(19(8-2)26(5)6)24-25-22(27)30-16(4)21(29)23-18-12-10-11-17(14-18)15(3)28/h10-12,14,16,19H,7-9,13H2,1-6H3,(H,23,29)/t16-,19+/m0/s1. The molecule has 0 saturated heterocycles. The zero-order valence-corrected chi connectivity index (χ0v) is 19.6. The number of nitrogens with one attached hydrogen (secondary N) is 1. The largest absolute Gasteiger partial charge is 0.325 e. The predicted octanol–water partition coefficient (Wildman–Crippen LogP) is 4.41. The van der Waals surface area contributed by atoms with Gasteiger partial charge >= 0.3 is 0 Å². The summed E-state index contributed by atoms with van der Waals surface area (Å²) in [5.74, 6) is 0.781. The monoisotopic (exact) mass is 431 g/mol. The third-order valence-electron chi connectivity index (χ3n) is 4.98. The van der Waals surface area contributed by atoms with E-state index in [4.69, 9.17) is 0 Å². The molecule has 1 N–H and O–H groups in total. The Morgan fingerprint density at radius 2 is 1.97 bits per heavy atom. The predicted molar refractivity (Wildman–Crippen MR) is 122 cm³/mol. The second-order valence-electron chi connectivity index (χ2n) is 7.62. The lowest BCUT2D eigenvalue weighted by Gasteiger charge is -2.23. The van der Waals surface area contributed by atoms with Gasteiger partial charge in [-0.2, -0.15) is 0 Å². The van der Waals surface area contributed by atoms with Crippen LogP contribution in [0, 0.1) is 0 Å². The van der Waals surface area contributed by atoms with Crippen molar-refractivity contribution in [3.8, 4) is 0 Å². The molecule has 0 unspecified atom stereocenters. The van der Waals surface area contributed by atoms with Crippen LogP contribution in [0.1, 0.15) is 69.2 Å². The number of thioether (sulfide) groups is 1. The number of benzene rings is 1. The van der Waals surface area contributed by atoms with E-state index < -0.39 is 0 Å². The molecule has 0 spiro atoms. The highest BCUT2D eigenvalue weighted by Crippen LogP contribution is 2.28. The molecule has 2 atom stereocenters. The molecule has 0 bridgehead atoms. The molecular weight excluding hydrogens is 398 g/mol. The van der Waals surface area contributed by atoms with Gasteiger partial charge in [-0.15, -0.1) is 10.2 Å². The summed E-state index contributed by atoms with van der Waals surface area (Å²) in [6.45, 7) is 8.50. The van der Waals surface area contributed by atoms with E-state index in [1.807, 2.05) is 21.0 Å². The average Bonchev–Trinajstić information content (AvgIpc) is 3.08. The van der Waals surface area contributed by atoms with Gasteiger partial charge in [0.1, 0.15) is 0 Å². The van der Waals surface area contributed by atoms with E-state index >= 15 is 0 Å². The molecule has 1 amide bonds. The van der Waals surface area contributed by atoms with Gasteiger partial charge in [0.2, 0.25) is 5.91 Å². The van der Waals surface area contributed by atoms with E-state index in [-0.39, 0.29) is 23.0 Å². The quantitative estimate of drug-likeness (QED) is 0.419. The SMILES string of the molecule is CCCCn1c(S[C@@H](C)C(=O)Nc2cccc(C(C)=O)c2)nnc1[C@@H](CC)N(C)C. The van der Waals surface area contributed by atoms with Gasteiger partial charge in [-0.3, -0.25) is 14.5 Å². The van der Waals surface area contributed by atoms with Crippen molar-refractivity contribution in [2.24, 2.45) is 0 Å². The van der Waals surface area contributed by atoms with Crippen molar-refractivity contribution in [1.29, 1.82) is 0 Å². The molecular formula is C22H33N5O2S. The van der Waals surface area contributed by atoms with Crippen LogP contribution in [-0.2, 0) is 11.3 Å². The molecule has 0 radical (unpaired) electrons. The number of anilines is 1. The molecule has 1 aromatic carbocycles. The number of hydrogen-bond donors (Lipinski definition) is 1. The fourth-order valence-corrected chi connectivity index (χ4v) is 4.09. The number of hydrogen-bond acceptors (Lipinski definition) is 6. The highest BCUT2D eigenvalue weighted by atomic mass is 32.2. The number of carbonyl (C=O) groups is 2. The van der Waals surface area contributed by atoms with Crippen molar-refractivity contribution in [2.45, 2.75) is 70.0 Å². The highest BCUT2D eigenvalue weighted by molar-refractivity contribution is 8.00. The smallest absolute Gasteiger partial charge is 0.237 e. The number of Topliss-reactive ketones (excluding diaryl/α,β-unsaturated/α-hetero) is 1. The highest BCUT2D eigenvalue weighted by Gasteiger charge is 2.24. The van der Waals surface area contributed by atoms with Crippen LogP contribution in [0.2, 0.25) is 0 Å². The number of unbranched alkanes of at least 4 members (excludes halogenated alkanes) is 1. The summed E-state index contributed by atoms with van der Waals surface area (Å²) in [4.78, 5) is 26.5. The minimum atomic E-state index is -0.358. The minimum absolute atomic E-state index is 0.0311. The van der Waals surface area contributed by atoms with Gasteiger partial charge in [-0.1, -0.05) is 44.2 Å². The number of rotatable bonds is 11. The maximum atomic E-state index is 12.7. The van der Waals surface area contributed by atoms with E-state index in [1.54, 1.807) is 24.3 Å². The van der Waals surface area contributed by atoms with Crippen LogP contribution in [0.4, 0.5) is 5.69 Å². The molecule has 164 valence electrons. The summed E-state index contributed by atoms with van der Waals surface area (Å²) >= 11 is 1.41. The maximum absolute atomic E-state index is 12.7. The Bertz CT molecular complexity index is 865. The first-order valence-electron chi connectivity index (χ1n) is 10.5. The molecule has 1 heterocycles. The Balaban J connectivity index is 2.17. The number of amides is 1. The van der Waals surface area contributed by atoms with E-state index in [9.17, 15) is 9.59 Å². The van der Waals surface area contributed by atoms with Crippen LogP contribution in [-0.4, -0.2) is 50.7 Å². The van der Waals surface area contributed by atoms with Crippen LogP contribution < -0.4 is 5.32 Å². The molecule has 0 saturated carbocycles. The Hall–Kier alpha value is -2.19. The fourth-order valence-electron chi connectivity index (χ4n) is 3.21. The summed E-state index contributed by atoms with van der Waals surface area (Å²) in [5.41, 5.74) is 1.19. The summed E-state index contributed by atoms with van der Waals surface area (Å²) < 4.78 is 2.16. The van der Waals surface area contributed by atoms with Crippen LogP contribution in [0.5, 0.6) is 0 Å². The summed E-state index contributed by atoms with van der Waals surface area (Å²) in [7, 11) is 4.09. The Morgan fingerprint density at radius 1 is 1.23 bits per heavy atom. The Labute approximate surface area is 183 Å². The van der Waals surface area contributed by atoms with E-state index in [1.165, 1.54) is 18.7 Å². The minimum Gasteiger partial charge on any atom is -0.325 e. The molecule has 0 aliphatic carbocycles. The zero-order chi connectivity index (χ0) is 22.3. The molecule has 0 aliphatic heterocycles. The normalized spacial score (nSPS) is 13.3. The first-order chi connectivity index (χ1) is 14.3. The molecule has 30 heavy (non-hydrogen) atoms. The third kappa shape index (κ3) is 6.15. The van der Waals surface area contributed by atoms with E-state index in [2.05, 4.69) is 38.8 Å². The van der Waals surface area contributed by atoms with Crippen LogP contribution in [0.15, 0.2) is 29.4 Å². The first-order valence-corrected chi connectivity index (χ1v) is 11.3. The van der Waals surface area contributed by atoms with Crippen molar-refractivity contribution in [2.75, 3.05) is 19.4 Å². The number of ketones is 1. The lowest BCUT2D eigenvalue weighted by Crippen LogP contribution is -2.24. The molecule has 0 aliphatic rings. The first kappa shape index (κ1) is 24.1. The molecule has 1 aromatic heterocycles. The second kappa shape index (κ2) is 11.3. The lowest BCUT2D eigenvalue weighted by atomic mass is 10.1. The van der Waals surface area contributed by atoms with Gasteiger partial charge in [0.15, 0.2) is 16.8 Å². The molecule has 8 heteroatoms. The third-order valence-corrected chi connectivity index (χ3v) is 6.06. The van der Waals surface area contributed by atoms with Crippen molar-refractivity contribution in [3.63, 3.8) is 0 Å².